The number of pyridine rings is 1. The van der Waals surface area contributed by atoms with Crippen LogP contribution in [0.15, 0.2) is 59.0 Å². The summed E-state index contributed by atoms with van der Waals surface area (Å²) in [6.45, 7) is 2.70. The van der Waals surface area contributed by atoms with Crippen LogP contribution in [-0.2, 0) is 11.3 Å². The highest BCUT2D eigenvalue weighted by molar-refractivity contribution is 7.99. The van der Waals surface area contributed by atoms with Crippen LogP contribution in [0.5, 0.6) is 0 Å². The Morgan fingerprint density at radius 2 is 1.96 bits per heavy atom. The summed E-state index contributed by atoms with van der Waals surface area (Å²) in [6, 6.07) is 11.0. The molecule has 9 heteroatoms. The first-order chi connectivity index (χ1) is 13.2. The molecule has 3 aromatic rings. The number of thioether (sulfide) groups is 1. The van der Waals surface area contributed by atoms with E-state index in [1.165, 1.54) is 11.8 Å². The zero-order valence-electron chi connectivity index (χ0n) is 14.5. The van der Waals surface area contributed by atoms with Gasteiger partial charge in [0.25, 0.3) is 5.91 Å². The van der Waals surface area contributed by atoms with Gasteiger partial charge < -0.3 is 4.57 Å². The zero-order valence-corrected chi connectivity index (χ0v) is 16.1. The molecule has 0 spiro atoms. The molecule has 0 aliphatic carbocycles. The number of amides is 1. The third-order valence-corrected chi connectivity index (χ3v) is 4.80. The number of aromatic nitrogens is 4. The van der Waals surface area contributed by atoms with Crippen LogP contribution in [0.3, 0.4) is 0 Å². The molecule has 0 aliphatic heterocycles. The van der Waals surface area contributed by atoms with Crippen molar-refractivity contribution < 1.29 is 4.79 Å². The SMILES string of the molecule is CCn1c(SCC(=O)NN=Cc2ccncc2)nnc1-c1ccc(Cl)cc1. The molecule has 0 fully saturated rings. The largest absolute Gasteiger partial charge is 0.302 e. The van der Waals surface area contributed by atoms with Crippen molar-refractivity contribution in [1.29, 1.82) is 0 Å². The quantitative estimate of drug-likeness (QED) is 0.374. The van der Waals surface area contributed by atoms with Crippen LogP contribution in [0, 0.1) is 0 Å². The second kappa shape index (κ2) is 9.29. The lowest BCUT2D eigenvalue weighted by Crippen LogP contribution is -2.20. The molecule has 0 unspecified atom stereocenters. The summed E-state index contributed by atoms with van der Waals surface area (Å²) < 4.78 is 1.96. The number of benzene rings is 1. The second-order valence-corrected chi connectivity index (χ2v) is 6.80. The van der Waals surface area contributed by atoms with Crippen molar-refractivity contribution in [3.63, 3.8) is 0 Å². The Bertz CT molecular complexity index is 927. The van der Waals surface area contributed by atoms with Gasteiger partial charge in [-0.1, -0.05) is 23.4 Å². The molecule has 0 aliphatic rings. The maximum absolute atomic E-state index is 12.0. The minimum Gasteiger partial charge on any atom is -0.302 e. The lowest BCUT2D eigenvalue weighted by atomic mass is 10.2. The summed E-state index contributed by atoms with van der Waals surface area (Å²) >= 11 is 7.25. The molecule has 2 aromatic heterocycles. The van der Waals surface area contributed by atoms with E-state index < -0.39 is 0 Å². The van der Waals surface area contributed by atoms with E-state index in [4.69, 9.17) is 11.6 Å². The van der Waals surface area contributed by atoms with Crippen molar-refractivity contribution in [3.05, 3.63) is 59.4 Å². The Balaban J connectivity index is 1.60. The van der Waals surface area contributed by atoms with Crippen LogP contribution in [0.25, 0.3) is 11.4 Å². The fourth-order valence-electron chi connectivity index (χ4n) is 2.28. The third-order valence-electron chi connectivity index (χ3n) is 3.58. The average Bonchev–Trinajstić information content (AvgIpc) is 3.10. The zero-order chi connectivity index (χ0) is 19.1. The summed E-state index contributed by atoms with van der Waals surface area (Å²) in [5.41, 5.74) is 4.28. The Kier molecular flexibility index (Phi) is 6.56. The molecule has 7 nitrogen and oxygen atoms in total. The van der Waals surface area contributed by atoms with Gasteiger partial charge in [0.2, 0.25) is 0 Å². The van der Waals surface area contributed by atoms with Crippen LogP contribution >= 0.6 is 23.4 Å². The molecule has 0 bridgehead atoms. The highest BCUT2D eigenvalue weighted by atomic mass is 35.5. The van der Waals surface area contributed by atoms with Gasteiger partial charge in [0, 0.05) is 29.5 Å². The summed E-state index contributed by atoms with van der Waals surface area (Å²) in [6.07, 6.45) is 4.89. The van der Waals surface area contributed by atoms with Crippen LogP contribution in [-0.4, -0.2) is 37.6 Å². The lowest BCUT2D eigenvalue weighted by molar-refractivity contribution is -0.118. The maximum Gasteiger partial charge on any atom is 0.250 e. The maximum atomic E-state index is 12.0. The van der Waals surface area contributed by atoms with Crippen molar-refractivity contribution in [3.8, 4) is 11.4 Å². The predicted molar refractivity (Wildman–Crippen MR) is 107 cm³/mol. The topological polar surface area (TPSA) is 85.1 Å². The fraction of sp³-hybridized carbons (Fsp3) is 0.167. The summed E-state index contributed by atoms with van der Waals surface area (Å²) in [7, 11) is 0. The monoisotopic (exact) mass is 400 g/mol. The van der Waals surface area contributed by atoms with Crippen LogP contribution < -0.4 is 5.43 Å². The molecule has 1 aromatic carbocycles. The minimum atomic E-state index is -0.219. The van der Waals surface area contributed by atoms with Gasteiger partial charge in [-0.15, -0.1) is 10.2 Å². The van der Waals surface area contributed by atoms with E-state index in [0.29, 0.717) is 16.7 Å². The van der Waals surface area contributed by atoms with Crippen LogP contribution in [0.2, 0.25) is 5.02 Å². The molecule has 1 N–H and O–H groups in total. The standard InChI is InChI=1S/C18H17ClN6OS/c1-2-25-17(14-3-5-15(19)6-4-14)23-24-18(25)27-12-16(26)22-21-11-13-7-9-20-10-8-13/h3-11H,2,12H2,1H3,(H,22,26). The van der Waals surface area contributed by atoms with Gasteiger partial charge in [-0.25, -0.2) is 5.43 Å². The van der Waals surface area contributed by atoms with Gasteiger partial charge in [0.05, 0.1) is 12.0 Å². The number of rotatable bonds is 7. The fourth-order valence-corrected chi connectivity index (χ4v) is 3.20. The van der Waals surface area contributed by atoms with Crippen LogP contribution in [0.1, 0.15) is 12.5 Å². The smallest absolute Gasteiger partial charge is 0.250 e. The number of nitrogens with zero attached hydrogens (tertiary/aromatic N) is 5. The highest BCUT2D eigenvalue weighted by Gasteiger charge is 2.14. The van der Waals surface area contributed by atoms with E-state index in [1.807, 2.05) is 35.8 Å². The van der Waals surface area contributed by atoms with Gasteiger partial charge in [-0.3, -0.25) is 9.78 Å². The molecule has 27 heavy (non-hydrogen) atoms. The summed E-state index contributed by atoms with van der Waals surface area (Å²) in [4.78, 5) is 15.9. The number of carbonyl (C=O) groups is 1. The average molecular weight is 401 g/mol. The first kappa shape index (κ1) is 19.1. The van der Waals surface area contributed by atoms with Gasteiger partial charge in [-0.05, 0) is 48.9 Å². The molecule has 0 radical (unpaired) electrons. The van der Waals surface area contributed by atoms with E-state index in [2.05, 4.69) is 25.7 Å². The molecule has 0 atom stereocenters. The predicted octanol–water partition coefficient (Wildman–Crippen LogP) is 3.26. The van der Waals surface area contributed by atoms with Gasteiger partial charge in [0.1, 0.15) is 0 Å². The Hall–Kier alpha value is -2.71. The van der Waals surface area contributed by atoms with Gasteiger partial charge in [0.15, 0.2) is 11.0 Å². The first-order valence-corrected chi connectivity index (χ1v) is 9.57. The van der Waals surface area contributed by atoms with E-state index in [0.717, 1.165) is 17.0 Å². The summed E-state index contributed by atoms with van der Waals surface area (Å²) in [5.74, 6) is 0.712. The van der Waals surface area contributed by atoms with E-state index in [1.54, 1.807) is 30.7 Å². The van der Waals surface area contributed by atoms with E-state index in [9.17, 15) is 4.79 Å². The molecule has 3 rings (SSSR count). The number of halogens is 1. The number of nitrogens with one attached hydrogen (secondary N) is 1. The van der Waals surface area contributed by atoms with Crippen molar-refractivity contribution in [2.75, 3.05) is 5.75 Å². The molecule has 0 saturated carbocycles. The molecular formula is C18H17ClN6OS. The second-order valence-electron chi connectivity index (χ2n) is 5.42. The number of carbonyl (C=O) groups excluding carboxylic acids is 1. The van der Waals surface area contributed by atoms with Gasteiger partial charge in [-0.2, -0.15) is 5.10 Å². The summed E-state index contributed by atoms with van der Waals surface area (Å²) in [5, 5.41) is 13.7. The Morgan fingerprint density at radius 1 is 1.22 bits per heavy atom. The molecule has 1 amide bonds. The van der Waals surface area contributed by atoms with Crippen molar-refractivity contribution >= 4 is 35.5 Å². The normalized spacial score (nSPS) is 11.0. The molecular weight excluding hydrogens is 384 g/mol. The van der Waals surface area contributed by atoms with E-state index in [-0.39, 0.29) is 11.7 Å². The lowest BCUT2D eigenvalue weighted by Gasteiger charge is -2.07. The minimum absolute atomic E-state index is 0.187. The Labute approximate surface area is 165 Å². The van der Waals surface area contributed by atoms with Crippen molar-refractivity contribution in [1.82, 2.24) is 25.2 Å². The first-order valence-electron chi connectivity index (χ1n) is 8.21. The number of hydrogen-bond donors (Lipinski definition) is 1. The van der Waals surface area contributed by atoms with Crippen molar-refractivity contribution in [2.24, 2.45) is 5.10 Å². The molecule has 2 heterocycles. The van der Waals surface area contributed by atoms with Crippen molar-refractivity contribution in [2.45, 2.75) is 18.6 Å². The molecule has 0 saturated heterocycles. The van der Waals surface area contributed by atoms with Gasteiger partial charge >= 0.3 is 0 Å². The molecule has 138 valence electrons. The number of hydrazone groups is 1. The number of hydrogen-bond acceptors (Lipinski definition) is 6. The van der Waals surface area contributed by atoms with E-state index >= 15 is 0 Å². The third kappa shape index (κ3) is 5.15. The van der Waals surface area contributed by atoms with Crippen LogP contribution in [0.4, 0.5) is 0 Å². The highest BCUT2D eigenvalue weighted by Crippen LogP contribution is 2.24. The Morgan fingerprint density at radius 3 is 2.67 bits per heavy atom.